The number of hydrogen-bond acceptors (Lipinski definition) is 7. The molecular formula is C31H30ClN7O2. The van der Waals surface area contributed by atoms with Crippen LogP contribution in [0, 0.1) is 0 Å². The maximum absolute atomic E-state index is 12.5. The van der Waals surface area contributed by atoms with Crippen molar-refractivity contribution in [3.63, 3.8) is 0 Å². The van der Waals surface area contributed by atoms with Gasteiger partial charge in [0.1, 0.15) is 0 Å². The Labute approximate surface area is 242 Å². The highest BCUT2D eigenvalue weighted by Gasteiger charge is 2.34. The van der Waals surface area contributed by atoms with Gasteiger partial charge >= 0.3 is 0 Å². The fraction of sp³-hybridized carbons (Fsp3) is 0.226. The maximum atomic E-state index is 12.5. The minimum Gasteiger partial charge on any atom is -0.385 e. The van der Waals surface area contributed by atoms with E-state index in [2.05, 4.69) is 25.6 Å². The normalized spacial score (nSPS) is 14.6. The number of fused-ring (bicyclic) bond motifs is 1. The third kappa shape index (κ3) is 6.01. The zero-order valence-electron chi connectivity index (χ0n) is 22.4. The summed E-state index contributed by atoms with van der Waals surface area (Å²) in [5, 5.41) is 22.7. The number of amides is 1. The molecule has 0 aliphatic carbocycles. The average molecular weight is 568 g/mol. The first kappa shape index (κ1) is 26.7. The summed E-state index contributed by atoms with van der Waals surface area (Å²) in [6.07, 6.45) is 7.32. The van der Waals surface area contributed by atoms with E-state index < -0.39 is 5.60 Å². The average Bonchev–Trinajstić information content (AvgIpc) is 3.41. The van der Waals surface area contributed by atoms with E-state index in [1.54, 1.807) is 29.0 Å². The zero-order chi connectivity index (χ0) is 28.2. The summed E-state index contributed by atoms with van der Waals surface area (Å²) in [7, 11) is 0. The van der Waals surface area contributed by atoms with Gasteiger partial charge in [0.2, 0.25) is 5.95 Å². The summed E-state index contributed by atoms with van der Waals surface area (Å²) in [6, 6.07) is 22.5. The first-order chi connectivity index (χ1) is 20.0. The highest BCUT2D eigenvalue weighted by atomic mass is 35.5. The predicted molar refractivity (Wildman–Crippen MR) is 160 cm³/mol. The number of aliphatic hydroxyl groups is 1. The van der Waals surface area contributed by atoms with Gasteiger partial charge < -0.3 is 20.6 Å². The van der Waals surface area contributed by atoms with Gasteiger partial charge in [0.25, 0.3) is 5.91 Å². The van der Waals surface area contributed by atoms with Crippen molar-refractivity contribution in [2.45, 2.75) is 24.9 Å². The Balaban J connectivity index is 1.09. The topological polar surface area (TPSA) is 108 Å². The maximum Gasteiger partial charge on any atom is 0.251 e. The fourth-order valence-electron chi connectivity index (χ4n) is 5.16. The van der Waals surface area contributed by atoms with Gasteiger partial charge in [-0.15, -0.1) is 5.10 Å². The number of carbonyl (C=O) groups excluding carboxylic acids is 1. The highest BCUT2D eigenvalue weighted by molar-refractivity contribution is 6.30. The van der Waals surface area contributed by atoms with Crippen LogP contribution in [0.3, 0.4) is 0 Å². The van der Waals surface area contributed by atoms with E-state index in [9.17, 15) is 9.90 Å². The van der Waals surface area contributed by atoms with Crippen molar-refractivity contribution in [1.29, 1.82) is 0 Å². The number of aromatic nitrogens is 4. The summed E-state index contributed by atoms with van der Waals surface area (Å²) < 4.78 is 1.75. The molecule has 10 heteroatoms. The van der Waals surface area contributed by atoms with E-state index in [1.165, 1.54) is 0 Å². The number of rotatable bonds is 8. The fourth-order valence-corrected chi connectivity index (χ4v) is 5.29. The molecule has 208 valence electrons. The van der Waals surface area contributed by atoms with Gasteiger partial charge in [-0.1, -0.05) is 29.8 Å². The second kappa shape index (κ2) is 11.6. The second-order valence-corrected chi connectivity index (χ2v) is 10.6. The Bertz CT molecular complexity index is 1630. The van der Waals surface area contributed by atoms with Crippen LogP contribution in [-0.2, 0) is 12.0 Å². The van der Waals surface area contributed by atoms with Gasteiger partial charge in [0, 0.05) is 54.5 Å². The van der Waals surface area contributed by atoms with Crippen LogP contribution in [0.2, 0.25) is 5.02 Å². The molecule has 1 saturated heterocycles. The monoisotopic (exact) mass is 567 g/mol. The molecule has 6 rings (SSSR count). The van der Waals surface area contributed by atoms with Crippen LogP contribution in [0.5, 0.6) is 0 Å². The summed E-state index contributed by atoms with van der Waals surface area (Å²) in [5.41, 5.74) is 4.14. The largest absolute Gasteiger partial charge is 0.385 e. The van der Waals surface area contributed by atoms with E-state index >= 15 is 0 Å². The SMILES string of the molecule is O=C(NCCc1cccnc1)c1ccc(Nc2nc3c(N4CCC(O)(c5ccc(Cl)cc5)CC4)cccn3n2)cc1. The third-order valence-corrected chi connectivity index (χ3v) is 7.73. The Morgan fingerprint density at radius 1 is 1.00 bits per heavy atom. The minimum absolute atomic E-state index is 0.125. The van der Waals surface area contributed by atoms with Gasteiger partial charge in [0.05, 0.1) is 11.3 Å². The van der Waals surface area contributed by atoms with Crippen LogP contribution in [0.4, 0.5) is 17.3 Å². The summed E-state index contributed by atoms with van der Waals surface area (Å²) in [6.45, 7) is 1.90. The van der Waals surface area contributed by atoms with Gasteiger partial charge in [-0.2, -0.15) is 4.98 Å². The summed E-state index contributed by atoms with van der Waals surface area (Å²) >= 11 is 6.03. The lowest BCUT2D eigenvalue weighted by molar-refractivity contribution is 0.0118. The molecule has 0 unspecified atom stereocenters. The molecule has 5 aromatic rings. The van der Waals surface area contributed by atoms with Gasteiger partial charge in [-0.05, 0) is 85.0 Å². The smallest absolute Gasteiger partial charge is 0.251 e. The Kier molecular flexibility index (Phi) is 7.54. The molecule has 1 aliphatic heterocycles. The predicted octanol–water partition coefficient (Wildman–Crippen LogP) is 4.98. The molecule has 4 heterocycles. The van der Waals surface area contributed by atoms with Crippen molar-refractivity contribution in [1.82, 2.24) is 24.9 Å². The molecule has 3 aromatic heterocycles. The number of hydrogen-bond donors (Lipinski definition) is 3. The molecule has 2 aromatic carbocycles. The molecule has 3 N–H and O–H groups in total. The van der Waals surface area contributed by atoms with E-state index in [0.717, 1.165) is 34.6 Å². The van der Waals surface area contributed by atoms with Crippen molar-refractivity contribution in [2.75, 3.05) is 29.9 Å². The molecule has 1 aliphatic rings. The lowest BCUT2D eigenvalue weighted by atomic mass is 9.84. The van der Waals surface area contributed by atoms with E-state index in [1.807, 2.05) is 66.9 Å². The van der Waals surface area contributed by atoms with Crippen LogP contribution in [-0.4, -0.2) is 50.2 Å². The van der Waals surface area contributed by atoms with Crippen molar-refractivity contribution in [3.8, 4) is 0 Å². The van der Waals surface area contributed by atoms with Gasteiger partial charge in [0.15, 0.2) is 5.65 Å². The Morgan fingerprint density at radius 2 is 1.78 bits per heavy atom. The lowest BCUT2D eigenvalue weighted by Gasteiger charge is -2.39. The van der Waals surface area contributed by atoms with E-state index in [-0.39, 0.29) is 5.91 Å². The minimum atomic E-state index is -0.880. The van der Waals surface area contributed by atoms with Crippen molar-refractivity contribution >= 4 is 40.5 Å². The molecule has 0 atom stereocenters. The standard InChI is InChI=1S/C31H30ClN7O2/c32-25-9-7-24(8-10-25)31(41)14-19-38(20-15-31)27-4-2-18-39-28(27)36-30(37-39)35-26-11-5-23(6-12-26)29(40)34-17-13-22-3-1-16-33-21-22/h1-12,16,18,21,41H,13-15,17,19-20H2,(H,34,40)(H,35,37). The number of halogens is 1. The number of anilines is 3. The number of benzene rings is 2. The van der Waals surface area contributed by atoms with Crippen LogP contribution >= 0.6 is 11.6 Å². The third-order valence-electron chi connectivity index (χ3n) is 7.48. The van der Waals surface area contributed by atoms with E-state index in [0.29, 0.717) is 49.0 Å². The molecule has 0 bridgehead atoms. The molecule has 0 spiro atoms. The molecule has 0 radical (unpaired) electrons. The van der Waals surface area contributed by atoms with Crippen LogP contribution in [0.15, 0.2) is 91.4 Å². The molecule has 1 amide bonds. The summed E-state index contributed by atoms with van der Waals surface area (Å²) in [5.74, 6) is 0.334. The molecule has 0 saturated carbocycles. The van der Waals surface area contributed by atoms with Crippen molar-refractivity contribution < 1.29 is 9.90 Å². The number of nitrogens with one attached hydrogen (secondary N) is 2. The number of pyridine rings is 2. The summed E-state index contributed by atoms with van der Waals surface area (Å²) in [4.78, 5) is 23.6. The van der Waals surface area contributed by atoms with Crippen molar-refractivity contribution in [2.24, 2.45) is 0 Å². The Morgan fingerprint density at radius 3 is 2.51 bits per heavy atom. The van der Waals surface area contributed by atoms with Gasteiger partial charge in [-0.3, -0.25) is 9.78 Å². The van der Waals surface area contributed by atoms with Crippen LogP contribution in [0.25, 0.3) is 5.65 Å². The molecule has 1 fully saturated rings. The van der Waals surface area contributed by atoms with Crippen LogP contribution in [0.1, 0.15) is 34.3 Å². The first-order valence-electron chi connectivity index (χ1n) is 13.6. The number of nitrogens with zero attached hydrogens (tertiary/aromatic N) is 5. The number of piperidine rings is 1. The van der Waals surface area contributed by atoms with Crippen LogP contribution < -0.4 is 15.5 Å². The van der Waals surface area contributed by atoms with Crippen molar-refractivity contribution in [3.05, 3.63) is 113 Å². The molecule has 9 nitrogen and oxygen atoms in total. The zero-order valence-corrected chi connectivity index (χ0v) is 23.1. The molecular weight excluding hydrogens is 538 g/mol. The lowest BCUT2D eigenvalue weighted by Crippen LogP contribution is -2.42. The van der Waals surface area contributed by atoms with E-state index in [4.69, 9.17) is 16.6 Å². The Hall–Kier alpha value is -4.47. The highest BCUT2D eigenvalue weighted by Crippen LogP contribution is 2.36. The second-order valence-electron chi connectivity index (χ2n) is 10.2. The van der Waals surface area contributed by atoms with Gasteiger partial charge in [-0.25, -0.2) is 4.52 Å². The molecule has 41 heavy (non-hydrogen) atoms. The quantitative estimate of drug-likeness (QED) is 0.243. The first-order valence-corrected chi connectivity index (χ1v) is 14.0. The number of carbonyl (C=O) groups is 1.